The highest BCUT2D eigenvalue weighted by molar-refractivity contribution is 5.98. The number of nitrogens with one attached hydrogen (secondary N) is 1. The van der Waals surface area contributed by atoms with Gasteiger partial charge in [-0.25, -0.2) is 4.79 Å². The van der Waals surface area contributed by atoms with Gasteiger partial charge < -0.3 is 10.1 Å². The lowest BCUT2D eigenvalue weighted by Gasteiger charge is -2.17. The monoisotopic (exact) mass is 410 g/mol. The first-order valence-corrected chi connectivity index (χ1v) is 8.34. The van der Waals surface area contributed by atoms with Crippen molar-refractivity contribution in [3.05, 3.63) is 68.8 Å². The van der Waals surface area contributed by atoms with E-state index in [0.717, 1.165) is 23.3 Å². The molecule has 0 aliphatic rings. The number of carbonyl (C=O) groups is 2. The SMILES string of the molecule is Cc1cc(C)cc(C(=O)OC(C)C(=O)Nc2ccc([N+](=O)[O-])cc2C(F)(F)F)c1. The number of halogens is 3. The number of nitro benzene ring substituents is 1. The van der Waals surface area contributed by atoms with Gasteiger partial charge in [0.1, 0.15) is 0 Å². The molecule has 1 unspecified atom stereocenters. The summed E-state index contributed by atoms with van der Waals surface area (Å²) < 4.78 is 44.6. The van der Waals surface area contributed by atoms with Gasteiger partial charge in [0.2, 0.25) is 0 Å². The Balaban J connectivity index is 2.19. The molecule has 154 valence electrons. The third-order valence-corrected chi connectivity index (χ3v) is 3.89. The number of nitrogens with zero attached hydrogens (tertiary/aromatic N) is 1. The molecule has 0 spiro atoms. The van der Waals surface area contributed by atoms with E-state index in [2.05, 4.69) is 0 Å². The minimum absolute atomic E-state index is 0.202. The highest BCUT2D eigenvalue weighted by Gasteiger charge is 2.36. The maximum atomic E-state index is 13.2. The molecule has 1 amide bonds. The van der Waals surface area contributed by atoms with E-state index in [0.29, 0.717) is 6.07 Å². The number of hydrogen-bond acceptors (Lipinski definition) is 5. The van der Waals surface area contributed by atoms with Crippen molar-refractivity contribution < 1.29 is 32.4 Å². The van der Waals surface area contributed by atoms with Crippen LogP contribution in [0.3, 0.4) is 0 Å². The normalized spacial score (nSPS) is 12.2. The predicted octanol–water partition coefficient (Wildman–Crippen LogP) is 4.41. The van der Waals surface area contributed by atoms with Gasteiger partial charge in [-0.15, -0.1) is 0 Å². The van der Waals surface area contributed by atoms with Crippen LogP contribution in [0.25, 0.3) is 0 Å². The minimum Gasteiger partial charge on any atom is -0.449 e. The molecule has 29 heavy (non-hydrogen) atoms. The Labute approximate surface area is 163 Å². The number of alkyl halides is 3. The number of rotatable bonds is 5. The Morgan fingerprint density at radius 3 is 2.21 bits per heavy atom. The van der Waals surface area contributed by atoms with Gasteiger partial charge in [-0.05, 0) is 39.0 Å². The first-order chi connectivity index (χ1) is 13.4. The highest BCUT2D eigenvalue weighted by Crippen LogP contribution is 2.37. The Bertz CT molecular complexity index is 953. The lowest BCUT2D eigenvalue weighted by molar-refractivity contribution is -0.385. The molecule has 0 fully saturated rings. The van der Waals surface area contributed by atoms with Crippen LogP contribution in [-0.4, -0.2) is 22.9 Å². The fourth-order valence-electron chi connectivity index (χ4n) is 2.60. The van der Waals surface area contributed by atoms with E-state index in [-0.39, 0.29) is 5.56 Å². The summed E-state index contributed by atoms with van der Waals surface area (Å²) in [5.74, 6) is -1.82. The molecule has 0 bridgehead atoms. The topological polar surface area (TPSA) is 98.5 Å². The average Bonchev–Trinajstić information content (AvgIpc) is 2.59. The standard InChI is InChI=1S/C19H17F3N2O5/c1-10-6-11(2)8-13(7-10)18(26)29-12(3)17(25)23-16-5-4-14(24(27)28)9-15(16)19(20,21)22/h4-9,12H,1-3H3,(H,23,25). The summed E-state index contributed by atoms with van der Waals surface area (Å²) in [6.45, 7) is 4.74. The fourth-order valence-corrected chi connectivity index (χ4v) is 2.60. The second kappa shape index (κ2) is 8.29. The number of amides is 1. The van der Waals surface area contributed by atoms with Crippen molar-refractivity contribution in [3.63, 3.8) is 0 Å². The van der Waals surface area contributed by atoms with Crippen molar-refractivity contribution in [2.45, 2.75) is 33.1 Å². The lowest BCUT2D eigenvalue weighted by Crippen LogP contribution is -2.30. The van der Waals surface area contributed by atoms with Gasteiger partial charge in [-0.2, -0.15) is 13.2 Å². The molecule has 0 saturated carbocycles. The van der Waals surface area contributed by atoms with Crippen LogP contribution in [0.5, 0.6) is 0 Å². The first kappa shape index (κ1) is 21.9. The Morgan fingerprint density at radius 1 is 1.10 bits per heavy atom. The maximum absolute atomic E-state index is 13.2. The molecule has 0 aliphatic carbocycles. The summed E-state index contributed by atoms with van der Waals surface area (Å²) in [7, 11) is 0. The van der Waals surface area contributed by atoms with E-state index < -0.39 is 46.0 Å². The van der Waals surface area contributed by atoms with Crippen molar-refractivity contribution in [1.82, 2.24) is 0 Å². The van der Waals surface area contributed by atoms with E-state index in [4.69, 9.17) is 4.74 Å². The summed E-state index contributed by atoms with van der Waals surface area (Å²) in [6, 6.07) is 6.87. The Kier molecular flexibility index (Phi) is 6.25. The molecule has 1 N–H and O–H groups in total. The van der Waals surface area contributed by atoms with Gasteiger partial charge in [0, 0.05) is 12.1 Å². The number of nitro groups is 1. The van der Waals surface area contributed by atoms with E-state index in [9.17, 15) is 32.9 Å². The van der Waals surface area contributed by atoms with Crippen molar-refractivity contribution >= 4 is 23.3 Å². The number of carbonyl (C=O) groups excluding carboxylic acids is 2. The van der Waals surface area contributed by atoms with Crippen molar-refractivity contribution in [3.8, 4) is 0 Å². The Morgan fingerprint density at radius 2 is 1.69 bits per heavy atom. The number of hydrogen-bond donors (Lipinski definition) is 1. The summed E-state index contributed by atoms with van der Waals surface area (Å²) >= 11 is 0. The zero-order valence-electron chi connectivity index (χ0n) is 15.7. The van der Waals surface area contributed by atoms with Gasteiger partial charge in [0.05, 0.1) is 21.7 Å². The molecule has 2 rings (SSSR count). The molecular formula is C19H17F3N2O5. The van der Waals surface area contributed by atoms with E-state index in [1.165, 1.54) is 6.92 Å². The van der Waals surface area contributed by atoms with Crippen LogP contribution in [0.2, 0.25) is 0 Å². The van der Waals surface area contributed by atoms with Crippen LogP contribution in [0.15, 0.2) is 36.4 Å². The molecule has 0 heterocycles. The molecule has 2 aromatic rings. The molecule has 1 atom stereocenters. The van der Waals surface area contributed by atoms with E-state index >= 15 is 0 Å². The molecule has 10 heteroatoms. The molecule has 0 radical (unpaired) electrons. The summed E-state index contributed by atoms with van der Waals surface area (Å²) in [5.41, 5.74) is -1.03. The minimum atomic E-state index is -4.94. The summed E-state index contributed by atoms with van der Waals surface area (Å²) in [4.78, 5) is 34.2. The second-order valence-corrected chi connectivity index (χ2v) is 6.40. The number of non-ortho nitro benzene ring substituents is 1. The first-order valence-electron chi connectivity index (χ1n) is 8.34. The number of benzene rings is 2. The molecular weight excluding hydrogens is 393 g/mol. The van der Waals surface area contributed by atoms with Crippen molar-refractivity contribution in [2.75, 3.05) is 5.32 Å². The van der Waals surface area contributed by atoms with Gasteiger partial charge in [0.25, 0.3) is 11.6 Å². The third-order valence-electron chi connectivity index (χ3n) is 3.89. The van der Waals surface area contributed by atoms with Crippen LogP contribution in [0.1, 0.15) is 34.0 Å². The lowest BCUT2D eigenvalue weighted by atomic mass is 10.1. The average molecular weight is 410 g/mol. The van der Waals surface area contributed by atoms with Gasteiger partial charge in [0.15, 0.2) is 6.10 Å². The number of aryl methyl sites for hydroxylation is 2. The highest BCUT2D eigenvalue weighted by atomic mass is 19.4. The zero-order valence-corrected chi connectivity index (χ0v) is 15.7. The number of esters is 1. The second-order valence-electron chi connectivity index (χ2n) is 6.40. The quantitative estimate of drug-likeness (QED) is 0.447. The molecule has 0 aromatic heterocycles. The molecule has 7 nitrogen and oxygen atoms in total. The predicted molar refractivity (Wildman–Crippen MR) is 97.5 cm³/mol. The van der Waals surface area contributed by atoms with Crippen molar-refractivity contribution in [1.29, 1.82) is 0 Å². The molecule has 0 saturated heterocycles. The van der Waals surface area contributed by atoms with Gasteiger partial charge in [-0.1, -0.05) is 17.2 Å². The molecule has 0 aliphatic heterocycles. The third kappa shape index (κ3) is 5.53. The van der Waals surface area contributed by atoms with Gasteiger partial charge in [-0.3, -0.25) is 14.9 Å². The summed E-state index contributed by atoms with van der Waals surface area (Å²) in [5, 5.41) is 12.7. The maximum Gasteiger partial charge on any atom is 0.418 e. The van der Waals surface area contributed by atoms with Crippen molar-refractivity contribution in [2.24, 2.45) is 0 Å². The largest absolute Gasteiger partial charge is 0.449 e. The van der Waals surface area contributed by atoms with E-state index in [1.807, 2.05) is 11.4 Å². The van der Waals surface area contributed by atoms with Crippen LogP contribution in [0, 0.1) is 24.0 Å². The molecule has 2 aromatic carbocycles. The zero-order chi connectivity index (χ0) is 21.9. The van der Waals surface area contributed by atoms with Gasteiger partial charge >= 0.3 is 12.1 Å². The summed E-state index contributed by atoms with van der Waals surface area (Å²) in [6.07, 6.45) is -6.34. The number of anilines is 1. The Hall–Kier alpha value is -3.43. The van der Waals surface area contributed by atoms with Crippen LogP contribution in [0.4, 0.5) is 24.5 Å². The van der Waals surface area contributed by atoms with E-state index in [1.54, 1.807) is 26.0 Å². The fraction of sp³-hybridized carbons (Fsp3) is 0.263. The smallest absolute Gasteiger partial charge is 0.418 e. The van der Waals surface area contributed by atoms with Crippen LogP contribution >= 0.6 is 0 Å². The van der Waals surface area contributed by atoms with Crippen LogP contribution < -0.4 is 5.32 Å². The van der Waals surface area contributed by atoms with Crippen LogP contribution in [-0.2, 0) is 15.7 Å². The number of ether oxygens (including phenoxy) is 1.